The van der Waals surface area contributed by atoms with Gasteiger partial charge in [-0.15, -0.1) is 0 Å². The number of anilines is 2. The molecule has 0 aliphatic heterocycles. The molecular weight excluding hydrogens is 422 g/mol. The third kappa shape index (κ3) is 6.26. The molecule has 2 amide bonds. The van der Waals surface area contributed by atoms with Gasteiger partial charge in [-0.25, -0.2) is 0 Å². The van der Waals surface area contributed by atoms with E-state index < -0.39 is 0 Å². The van der Waals surface area contributed by atoms with E-state index in [1.807, 2.05) is 42.1 Å². The van der Waals surface area contributed by atoms with Crippen LogP contribution in [0.1, 0.15) is 62.9 Å². The van der Waals surface area contributed by atoms with Crippen molar-refractivity contribution >= 4 is 34.8 Å². The average molecular weight is 458 g/mol. The summed E-state index contributed by atoms with van der Waals surface area (Å²) < 4.78 is 0. The summed E-state index contributed by atoms with van der Waals surface area (Å²) in [4.78, 5) is 30.1. The molecule has 6 heteroatoms. The summed E-state index contributed by atoms with van der Waals surface area (Å²) in [6.45, 7) is 8.82. The Labute approximate surface area is 197 Å². The molecule has 0 aliphatic carbocycles. The summed E-state index contributed by atoms with van der Waals surface area (Å²) in [5.41, 5.74) is 3.12. The number of carbonyl (C=O) groups is 2. The lowest BCUT2D eigenvalue weighted by atomic mass is 9.99. The minimum atomic E-state index is -0.258. The molecule has 1 N–H and O–H groups in total. The molecule has 5 nitrogen and oxygen atoms in total. The number of hydrogen-bond donors (Lipinski definition) is 1. The molecular formula is C26H36ClN3O2. The number of amides is 2. The van der Waals surface area contributed by atoms with Crippen molar-refractivity contribution in [2.75, 3.05) is 24.3 Å². The fourth-order valence-corrected chi connectivity index (χ4v) is 4.02. The Hall–Kier alpha value is -2.53. The van der Waals surface area contributed by atoms with E-state index >= 15 is 0 Å². The molecule has 1 atom stereocenters. The molecule has 0 aromatic heterocycles. The number of benzene rings is 2. The number of nitrogens with zero attached hydrogens (tertiary/aromatic N) is 2. The van der Waals surface area contributed by atoms with E-state index in [0.717, 1.165) is 30.5 Å². The molecule has 2 aromatic rings. The fraction of sp³-hybridized carbons (Fsp3) is 0.462. The summed E-state index contributed by atoms with van der Waals surface area (Å²) >= 11 is 6.18. The van der Waals surface area contributed by atoms with Crippen LogP contribution in [-0.4, -0.2) is 36.9 Å². The molecule has 2 rings (SSSR count). The monoisotopic (exact) mass is 457 g/mol. The van der Waals surface area contributed by atoms with Crippen molar-refractivity contribution in [2.45, 2.75) is 59.5 Å². The molecule has 0 bridgehead atoms. The minimum Gasteiger partial charge on any atom is -0.377 e. The number of rotatable bonds is 10. The van der Waals surface area contributed by atoms with E-state index in [9.17, 15) is 9.59 Å². The predicted octanol–water partition coefficient (Wildman–Crippen LogP) is 6.22. The van der Waals surface area contributed by atoms with Crippen LogP contribution in [0, 0.1) is 5.92 Å². The van der Waals surface area contributed by atoms with Crippen molar-refractivity contribution in [2.24, 2.45) is 5.92 Å². The van der Waals surface area contributed by atoms with Crippen molar-refractivity contribution in [3.05, 3.63) is 58.6 Å². The van der Waals surface area contributed by atoms with E-state index in [4.69, 9.17) is 11.6 Å². The van der Waals surface area contributed by atoms with Gasteiger partial charge in [0.2, 0.25) is 5.91 Å². The lowest BCUT2D eigenvalue weighted by Crippen LogP contribution is -2.41. The van der Waals surface area contributed by atoms with E-state index in [0.29, 0.717) is 22.8 Å². The maximum absolute atomic E-state index is 13.3. The topological polar surface area (TPSA) is 52.7 Å². The zero-order valence-corrected chi connectivity index (χ0v) is 20.9. The second kappa shape index (κ2) is 11.9. The van der Waals surface area contributed by atoms with Crippen molar-refractivity contribution in [3.8, 4) is 0 Å². The molecule has 0 saturated heterocycles. The number of halogens is 1. The SMILES string of the molecule is CCC(CC)C(=O)N(Cc1cc(NC(=O)c2ccccc2Cl)ccc1N(C)C)[C@@H](C)CC. The Morgan fingerprint density at radius 1 is 1.00 bits per heavy atom. The van der Waals surface area contributed by atoms with Crippen molar-refractivity contribution in [3.63, 3.8) is 0 Å². The first kappa shape index (κ1) is 25.7. The van der Waals surface area contributed by atoms with Crippen LogP contribution in [0.25, 0.3) is 0 Å². The van der Waals surface area contributed by atoms with Gasteiger partial charge >= 0.3 is 0 Å². The summed E-state index contributed by atoms with van der Waals surface area (Å²) in [5.74, 6) is -0.0412. The van der Waals surface area contributed by atoms with Crippen molar-refractivity contribution in [1.29, 1.82) is 0 Å². The molecule has 0 radical (unpaired) electrons. The lowest BCUT2D eigenvalue weighted by Gasteiger charge is -2.33. The van der Waals surface area contributed by atoms with Gasteiger partial charge in [-0.1, -0.05) is 44.5 Å². The van der Waals surface area contributed by atoms with Crippen LogP contribution in [0.3, 0.4) is 0 Å². The first-order valence-corrected chi connectivity index (χ1v) is 11.8. The minimum absolute atomic E-state index is 0.0231. The largest absolute Gasteiger partial charge is 0.377 e. The van der Waals surface area contributed by atoms with Crippen LogP contribution in [0.4, 0.5) is 11.4 Å². The number of nitrogens with one attached hydrogen (secondary N) is 1. The lowest BCUT2D eigenvalue weighted by molar-refractivity contribution is -0.138. The Balaban J connectivity index is 2.38. The molecule has 2 aromatic carbocycles. The molecule has 0 heterocycles. The second-order valence-electron chi connectivity index (χ2n) is 8.41. The molecule has 174 valence electrons. The smallest absolute Gasteiger partial charge is 0.257 e. The second-order valence-corrected chi connectivity index (χ2v) is 8.82. The quantitative estimate of drug-likeness (QED) is 0.460. The summed E-state index contributed by atoms with van der Waals surface area (Å²) in [6.07, 6.45) is 2.54. The van der Waals surface area contributed by atoms with Crippen LogP contribution >= 0.6 is 11.6 Å². The summed E-state index contributed by atoms with van der Waals surface area (Å²) in [5, 5.41) is 3.36. The zero-order chi connectivity index (χ0) is 23.8. The highest BCUT2D eigenvalue weighted by atomic mass is 35.5. The van der Waals surface area contributed by atoms with Crippen LogP contribution in [0.5, 0.6) is 0 Å². The summed E-state index contributed by atoms with van der Waals surface area (Å²) in [6, 6.07) is 12.9. The maximum Gasteiger partial charge on any atom is 0.257 e. The molecule has 0 spiro atoms. The Bertz CT molecular complexity index is 925. The van der Waals surface area contributed by atoms with Gasteiger partial charge in [0.25, 0.3) is 5.91 Å². The third-order valence-corrected chi connectivity index (χ3v) is 6.35. The number of hydrogen-bond acceptors (Lipinski definition) is 3. The molecule has 0 fully saturated rings. The Morgan fingerprint density at radius 2 is 1.66 bits per heavy atom. The van der Waals surface area contributed by atoms with Gasteiger partial charge in [-0.3, -0.25) is 9.59 Å². The van der Waals surface area contributed by atoms with E-state index in [-0.39, 0.29) is 23.8 Å². The first-order chi connectivity index (χ1) is 15.2. The molecule has 0 unspecified atom stereocenters. The Kier molecular flexibility index (Phi) is 9.58. The van der Waals surface area contributed by atoms with E-state index in [2.05, 4.69) is 33.0 Å². The first-order valence-electron chi connectivity index (χ1n) is 11.4. The van der Waals surface area contributed by atoms with Crippen molar-refractivity contribution < 1.29 is 9.59 Å². The molecule has 32 heavy (non-hydrogen) atoms. The zero-order valence-electron chi connectivity index (χ0n) is 20.1. The van der Waals surface area contributed by atoms with Gasteiger partial charge in [0.05, 0.1) is 10.6 Å². The Morgan fingerprint density at radius 3 is 2.22 bits per heavy atom. The van der Waals surface area contributed by atoms with Crippen molar-refractivity contribution in [1.82, 2.24) is 4.90 Å². The fourth-order valence-electron chi connectivity index (χ4n) is 3.80. The van der Waals surface area contributed by atoms with Crippen LogP contribution in [0.2, 0.25) is 5.02 Å². The van der Waals surface area contributed by atoms with Crippen LogP contribution in [-0.2, 0) is 11.3 Å². The highest BCUT2D eigenvalue weighted by Crippen LogP contribution is 2.28. The van der Waals surface area contributed by atoms with Gasteiger partial charge in [0.15, 0.2) is 0 Å². The van der Waals surface area contributed by atoms with Crippen LogP contribution in [0.15, 0.2) is 42.5 Å². The van der Waals surface area contributed by atoms with Gasteiger partial charge in [0, 0.05) is 44.0 Å². The third-order valence-electron chi connectivity index (χ3n) is 6.02. The van der Waals surface area contributed by atoms with Gasteiger partial charge in [0.1, 0.15) is 0 Å². The molecule has 0 saturated carbocycles. The highest BCUT2D eigenvalue weighted by molar-refractivity contribution is 6.34. The van der Waals surface area contributed by atoms with Gasteiger partial charge in [-0.05, 0) is 62.1 Å². The highest BCUT2D eigenvalue weighted by Gasteiger charge is 2.26. The maximum atomic E-state index is 13.3. The number of carbonyl (C=O) groups excluding carboxylic acids is 2. The van der Waals surface area contributed by atoms with E-state index in [1.54, 1.807) is 24.3 Å². The van der Waals surface area contributed by atoms with E-state index in [1.165, 1.54) is 0 Å². The predicted molar refractivity (Wildman–Crippen MR) is 135 cm³/mol. The van der Waals surface area contributed by atoms with Gasteiger partial charge < -0.3 is 15.1 Å². The standard InChI is InChI=1S/C26H36ClN3O2/c1-7-18(4)30(26(32)19(8-2)9-3)17-20-16-21(14-15-24(20)29(5)6)28-25(31)22-12-10-11-13-23(22)27/h10-16,18-19H,7-9,17H2,1-6H3,(H,28,31)/t18-/m0/s1. The van der Waals surface area contributed by atoms with Crippen LogP contribution < -0.4 is 10.2 Å². The average Bonchev–Trinajstić information content (AvgIpc) is 2.77. The van der Waals surface area contributed by atoms with Gasteiger partial charge in [-0.2, -0.15) is 0 Å². The normalized spacial score (nSPS) is 11.9. The summed E-state index contributed by atoms with van der Waals surface area (Å²) in [7, 11) is 3.97. The molecule has 0 aliphatic rings.